The van der Waals surface area contributed by atoms with Gasteiger partial charge in [0.2, 0.25) is 5.13 Å². The molecule has 4 rings (SSSR count). The van der Waals surface area contributed by atoms with Crippen molar-refractivity contribution < 1.29 is 9.21 Å². The third-order valence-electron chi connectivity index (χ3n) is 4.19. The summed E-state index contributed by atoms with van der Waals surface area (Å²) < 4.78 is 5.35. The first-order valence-electron chi connectivity index (χ1n) is 8.63. The van der Waals surface area contributed by atoms with E-state index in [-0.39, 0.29) is 5.91 Å². The molecule has 0 atom stereocenters. The second-order valence-corrected chi connectivity index (χ2v) is 7.34. The number of amides is 1. The smallest absolute Gasteiger partial charge is 0.345 e. The first-order valence-corrected chi connectivity index (χ1v) is 9.51. The Morgan fingerprint density at radius 2 is 1.82 bits per heavy atom. The van der Waals surface area contributed by atoms with E-state index < -0.39 is 5.63 Å². The second-order valence-electron chi connectivity index (χ2n) is 6.48. The van der Waals surface area contributed by atoms with E-state index in [1.807, 2.05) is 50.2 Å². The number of hydrogen-bond acceptors (Lipinski definition) is 6. The number of nitrogens with zero attached hydrogens (tertiary/aromatic N) is 1. The maximum atomic E-state index is 12.3. The maximum absolute atomic E-state index is 12.3. The van der Waals surface area contributed by atoms with Gasteiger partial charge in [0, 0.05) is 16.3 Å². The zero-order chi connectivity index (χ0) is 19.7. The summed E-state index contributed by atoms with van der Waals surface area (Å²) in [5.74, 6) is -0.256. The van der Waals surface area contributed by atoms with Gasteiger partial charge in [0.15, 0.2) is 0 Å². The number of hydrazine groups is 1. The highest BCUT2D eigenvalue weighted by Crippen LogP contribution is 2.25. The van der Waals surface area contributed by atoms with Crippen LogP contribution in [-0.2, 0) is 0 Å². The fourth-order valence-corrected chi connectivity index (χ4v) is 3.65. The quantitative estimate of drug-likeness (QED) is 0.400. The van der Waals surface area contributed by atoms with Crippen LogP contribution in [0.3, 0.4) is 0 Å². The number of fused-ring (bicyclic) bond motifs is 1. The van der Waals surface area contributed by atoms with Crippen molar-refractivity contribution in [3.8, 4) is 11.3 Å². The van der Waals surface area contributed by atoms with E-state index in [0.29, 0.717) is 27.5 Å². The summed E-state index contributed by atoms with van der Waals surface area (Å²) in [6.45, 7) is 3.89. The molecule has 0 aliphatic rings. The Kier molecular flexibility index (Phi) is 4.67. The van der Waals surface area contributed by atoms with Crippen LogP contribution < -0.4 is 16.5 Å². The van der Waals surface area contributed by atoms with Gasteiger partial charge in [-0.15, -0.1) is 11.3 Å². The van der Waals surface area contributed by atoms with E-state index in [9.17, 15) is 9.59 Å². The van der Waals surface area contributed by atoms with Crippen LogP contribution >= 0.6 is 11.3 Å². The van der Waals surface area contributed by atoms with Gasteiger partial charge in [-0.3, -0.25) is 15.6 Å². The Balaban J connectivity index is 1.53. The molecule has 1 amide bonds. The van der Waals surface area contributed by atoms with Gasteiger partial charge in [0.1, 0.15) is 5.58 Å². The number of anilines is 1. The fourth-order valence-electron chi connectivity index (χ4n) is 2.98. The number of carbonyl (C=O) groups excluding carboxylic acids is 1. The molecule has 140 valence electrons. The zero-order valence-electron chi connectivity index (χ0n) is 15.3. The van der Waals surface area contributed by atoms with E-state index in [4.69, 9.17) is 4.42 Å². The second kappa shape index (κ2) is 7.28. The minimum atomic E-state index is -0.449. The number of aromatic nitrogens is 1. The molecule has 0 saturated carbocycles. The number of benzene rings is 2. The molecule has 2 aromatic carbocycles. The number of carbonyl (C=O) groups is 1. The minimum Gasteiger partial charge on any atom is -0.422 e. The average molecular weight is 391 g/mol. The van der Waals surface area contributed by atoms with E-state index in [1.165, 1.54) is 11.3 Å². The van der Waals surface area contributed by atoms with Gasteiger partial charge in [0.05, 0.1) is 11.3 Å². The Bertz CT molecular complexity index is 1220. The normalized spacial score (nSPS) is 10.8. The van der Waals surface area contributed by atoms with Crippen LogP contribution in [-0.4, -0.2) is 10.9 Å². The molecular formula is C21H17N3O3S. The van der Waals surface area contributed by atoms with Crippen LogP contribution in [0.15, 0.2) is 63.1 Å². The SMILES string of the molecule is Cc1cc(C)cc(C(=O)NNc2nc(-c3cc4ccccc4oc3=O)cs2)c1. The van der Waals surface area contributed by atoms with E-state index >= 15 is 0 Å². The highest BCUT2D eigenvalue weighted by Gasteiger charge is 2.12. The van der Waals surface area contributed by atoms with Gasteiger partial charge in [0.25, 0.3) is 5.91 Å². The van der Waals surface area contributed by atoms with Crippen LogP contribution in [0.25, 0.3) is 22.2 Å². The summed E-state index contributed by atoms with van der Waals surface area (Å²) in [7, 11) is 0. The van der Waals surface area contributed by atoms with E-state index in [2.05, 4.69) is 15.8 Å². The molecule has 6 nitrogen and oxygen atoms in total. The molecular weight excluding hydrogens is 374 g/mol. The zero-order valence-corrected chi connectivity index (χ0v) is 16.1. The molecule has 0 bridgehead atoms. The molecule has 0 fully saturated rings. The van der Waals surface area contributed by atoms with Gasteiger partial charge in [-0.05, 0) is 38.1 Å². The molecule has 0 saturated heterocycles. The summed E-state index contributed by atoms with van der Waals surface area (Å²) in [6.07, 6.45) is 0. The lowest BCUT2D eigenvalue weighted by atomic mass is 10.1. The van der Waals surface area contributed by atoms with Crippen molar-refractivity contribution in [1.29, 1.82) is 0 Å². The molecule has 0 aliphatic heterocycles. The third-order valence-corrected chi connectivity index (χ3v) is 4.95. The molecule has 2 heterocycles. The van der Waals surface area contributed by atoms with Crippen molar-refractivity contribution in [3.63, 3.8) is 0 Å². The monoisotopic (exact) mass is 391 g/mol. The summed E-state index contributed by atoms with van der Waals surface area (Å²) in [5.41, 5.74) is 9.00. The molecule has 2 N–H and O–H groups in total. The topological polar surface area (TPSA) is 84.2 Å². The number of para-hydroxylation sites is 1. The Labute approximate surface area is 164 Å². The summed E-state index contributed by atoms with van der Waals surface area (Å²) in [6, 6.07) is 14.7. The molecule has 0 unspecified atom stereocenters. The van der Waals surface area contributed by atoms with Crippen molar-refractivity contribution in [1.82, 2.24) is 10.4 Å². The van der Waals surface area contributed by atoms with Gasteiger partial charge in [-0.1, -0.05) is 35.4 Å². The van der Waals surface area contributed by atoms with Gasteiger partial charge in [-0.2, -0.15) is 0 Å². The first-order chi connectivity index (χ1) is 13.5. The highest BCUT2D eigenvalue weighted by atomic mass is 32.1. The Hall–Kier alpha value is -3.45. The number of aryl methyl sites for hydroxylation is 2. The predicted molar refractivity (Wildman–Crippen MR) is 111 cm³/mol. The largest absolute Gasteiger partial charge is 0.422 e. The van der Waals surface area contributed by atoms with Crippen molar-refractivity contribution in [3.05, 3.63) is 81.0 Å². The average Bonchev–Trinajstić information content (AvgIpc) is 3.13. The van der Waals surface area contributed by atoms with Crippen LogP contribution in [0.2, 0.25) is 0 Å². The highest BCUT2D eigenvalue weighted by molar-refractivity contribution is 7.14. The number of nitrogens with one attached hydrogen (secondary N) is 2. The molecule has 28 heavy (non-hydrogen) atoms. The molecule has 0 spiro atoms. The summed E-state index contributed by atoms with van der Waals surface area (Å²) >= 11 is 1.28. The van der Waals surface area contributed by atoms with E-state index in [1.54, 1.807) is 17.5 Å². The number of hydrogen-bond donors (Lipinski definition) is 2. The first kappa shape index (κ1) is 17.9. The van der Waals surface area contributed by atoms with Crippen LogP contribution in [0, 0.1) is 13.8 Å². The van der Waals surface area contributed by atoms with Crippen molar-refractivity contribution in [2.75, 3.05) is 5.43 Å². The molecule has 0 aliphatic carbocycles. The predicted octanol–water partition coefficient (Wildman–Crippen LogP) is 4.29. The van der Waals surface area contributed by atoms with Crippen LogP contribution in [0.4, 0.5) is 5.13 Å². The minimum absolute atomic E-state index is 0.256. The van der Waals surface area contributed by atoms with Crippen molar-refractivity contribution >= 4 is 33.3 Å². The standard InChI is InChI=1S/C21H17N3O3S/c1-12-7-13(2)9-15(8-12)19(25)23-24-21-22-17(11-28-21)16-10-14-5-3-4-6-18(14)27-20(16)26/h3-11H,1-2H3,(H,22,24)(H,23,25). The van der Waals surface area contributed by atoms with Gasteiger partial charge in [-0.25, -0.2) is 9.78 Å². The van der Waals surface area contributed by atoms with Crippen LogP contribution in [0.1, 0.15) is 21.5 Å². The lowest BCUT2D eigenvalue weighted by Crippen LogP contribution is -2.29. The summed E-state index contributed by atoms with van der Waals surface area (Å²) in [4.78, 5) is 29.0. The Morgan fingerprint density at radius 3 is 2.61 bits per heavy atom. The molecule has 2 aromatic heterocycles. The molecule has 7 heteroatoms. The lowest BCUT2D eigenvalue weighted by molar-refractivity contribution is 0.0962. The van der Waals surface area contributed by atoms with Crippen molar-refractivity contribution in [2.24, 2.45) is 0 Å². The summed E-state index contributed by atoms with van der Waals surface area (Å²) in [5, 5.41) is 3.04. The Morgan fingerprint density at radius 1 is 1.07 bits per heavy atom. The lowest BCUT2D eigenvalue weighted by Gasteiger charge is -2.07. The van der Waals surface area contributed by atoms with E-state index in [0.717, 1.165) is 16.5 Å². The van der Waals surface area contributed by atoms with Crippen molar-refractivity contribution in [2.45, 2.75) is 13.8 Å². The third kappa shape index (κ3) is 3.65. The molecule has 4 aromatic rings. The van der Waals surface area contributed by atoms with Gasteiger partial charge >= 0.3 is 5.63 Å². The maximum Gasteiger partial charge on any atom is 0.345 e. The fraction of sp³-hybridized carbons (Fsp3) is 0.0952. The molecule has 0 radical (unpaired) electrons. The van der Waals surface area contributed by atoms with Crippen LogP contribution in [0.5, 0.6) is 0 Å². The van der Waals surface area contributed by atoms with Gasteiger partial charge < -0.3 is 4.42 Å². The number of rotatable bonds is 4. The number of thiazole rings is 1.